The van der Waals surface area contributed by atoms with E-state index in [-0.39, 0.29) is 34.8 Å². The maximum absolute atomic E-state index is 13.8. The van der Waals surface area contributed by atoms with E-state index in [0.29, 0.717) is 23.4 Å². The molecule has 7 nitrogen and oxygen atoms in total. The molecule has 2 fully saturated rings. The Kier molecular flexibility index (Phi) is 5.68. The lowest BCUT2D eigenvalue weighted by Gasteiger charge is -2.44. The molecular weight excluding hydrogens is 436 g/mol. The van der Waals surface area contributed by atoms with Gasteiger partial charge in [0.05, 0.1) is 17.3 Å². The third-order valence-corrected chi connectivity index (χ3v) is 12.3. The van der Waals surface area contributed by atoms with E-state index >= 15 is 0 Å². The number of hydrogen-bond donors (Lipinski definition) is 1. The van der Waals surface area contributed by atoms with Gasteiger partial charge in [-0.3, -0.25) is 4.79 Å². The quantitative estimate of drug-likeness (QED) is 0.482. The van der Waals surface area contributed by atoms with Crippen molar-refractivity contribution in [2.24, 2.45) is 5.41 Å². The summed E-state index contributed by atoms with van der Waals surface area (Å²) >= 11 is 0. The van der Waals surface area contributed by atoms with Crippen LogP contribution in [0.1, 0.15) is 56.0 Å². The van der Waals surface area contributed by atoms with Gasteiger partial charge in [-0.2, -0.15) is 0 Å². The second-order valence-corrected chi connectivity index (χ2v) is 16.1. The number of carbonyl (C=O) groups excluding carboxylic acids is 2. The normalized spacial score (nSPS) is 23.8. The zero-order valence-corrected chi connectivity index (χ0v) is 21.6. The molecule has 8 heteroatoms. The number of fused-ring (bicyclic) bond motifs is 2. The van der Waals surface area contributed by atoms with Gasteiger partial charge in [0.1, 0.15) is 12.4 Å². The number of benzene rings is 1. The summed E-state index contributed by atoms with van der Waals surface area (Å²) < 4.78 is 12.4. The van der Waals surface area contributed by atoms with Crippen molar-refractivity contribution in [3.8, 4) is 5.75 Å². The molecule has 1 unspecified atom stereocenters. The lowest BCUT2D eigenvalue weighted by Crippen LogP contribution is -2.58. The number of carbonyl (C=O) groups is 2. The molecule has 1 aromatic carbocycles. The van der Waals surface area contributed by atoms with Gasteiger partial charge in [0, 0.05) is 12.6 Å². The third kappa shape index (κ3) is 4.08. The molecule has 0 aromatic heterocycles. The number of nitrogens with zero attached hydrogens (tertiary/aromatic N) is 2. The Morgan fingerprint density at radius 3 is 2.58 bits per heavy atom. The Morgan fingerprint density at radius 1 is 1.33 bits per heavy atom. The van der Waals surface area contributed by atoms with E-state index in [1.165, 1.54) is 17.0 Å². The molecule has 180 valence electrons. The molecule has 0 bridgehead atoms. The first-order chi connectivity index (χ1) is 15.3. The average Bonchev–Trinajstić information content (AvgIpc) is 3.37. The van der Waals surface area contributed by atoms with Crippen LogP contribution in [0.2, 0.25) is 18.1 Å². The highest BCUT2D eigenvalue weighted by Gasteiger charge is 2.59. The van der Waals surface area contributed by atoms with Crippen molar-refractivity contribution < 1.29 is 23.9 Å². The van der Waals surface area contributed by atoms with E-state index in [1.54, 1.807) is 13.0 Å². The first-order valence-corrected chi connectivity index (χ1v) is 14.6. The van der Waals surface area contributed by atoms with Crippen LogP contribution in [-0.4, -0.2) is 55.7 Å². The SMILES string of the molecule is C=CCOC(=O)N1c2cc(O)c(C)cc2C(=O)N2CC3(CC3)C[C@H]2C1O[Si](C)(C)C(C)(C)C. The molecule has 2 aliphatic heterocycles. The Balaban J connectivity index is 1.90. The third-order valence-electron chi connectivity index (χ3n) is 7.90. The lowest BCUT2D eigenvalue weighted by molar-refractivity contribution is 0.0528. The number of phenols is 1. The van der Waals surface area contributed by atoms with Crippen molar-refractivity contribution in [2.45, 2.75) is 77.4 Å². The van der Waals surface area contributed by atoms with E-state index < -0.39 is 20.6 Å². The predicted molar refractivity (Wildman–Crippen MR) is 130 cm³/mol. The smallest absolute Gasteiger partial charge is 0.416 e. The summed E-state index contributed by atoms with van der Waals surface area (Å²) in [5, 5.41) is 10.4. The molecule has 1 saturated heterocycles. The van der Waals surface area contributed by atoms with Gasteiger partial charge in [0.2, 0.25) is 0 Å². The highest BCUT2D eigenvalue weighted by Crippen LogP contribution is 2.57. The summed E-state index contributed by atoms with van der Waals surface area (Å²) in [6, 6.07) is 2.89. The van der Waals surface area contributed by atoms with Gasteiger partial charge in [-0.05, 0) is 61.4 Å². The van der Waals surface area contributed by atoms with Crippen LogP contribution < -0.4 is 4.90 Å². The van der Waals surface area contributed by atoms with Crippen LogP contribution in [0.5, 0.6) is 5.75 Å². The average molecular weight is 473 g/mol. The number of ether oxygens (including phenoxy) is 1. The second kappa shape index (κ2) is 7.87. The molecule has 4 rings (SSSR count). The fourth-order valence-corrected chi connectivity index (χ4v) is 5.86. The number of anilines is 1. The largest absolute Gasteiger partial charge is 0.508 e. The first kappa shape index (κ1) is 23.8. The van der Waals surface area contributed by atoms with Gasteiger partial charge >= 0.3 is 6.09 Å². The van der Waals surface area contributed by atoms with Crippen LogP contribution in [0.4, 0.5) is 10.5 Å². The van der Waals surface area contributed by atoms with Crippen LogP contribution in [0.15, 0.2) is 24.8 Å². The van der Waals surface area contributed by atoms with Gasteiger partial charge in [-0.25, -0.2) is 9.69 Å². The monoisotopic (exact) mass is 472 g/mol. The number of aryl methyl sites for hydroxylation is 1. The summed E-state index contributed by atoms with van der Waals surface area (Å²) in [4.78, 5) is 30.6. The van der Waals surface area contributed by atoms with Crippen molar-refractivity contribution in [1.29, 1.82) is 0 Å². The number of rotatable bonds is 4. The van der Waals surface area contributed by atoms with E-state index in [2.05, 4.69) is 40.4 Å². The molecule has 1 saturated carbocycles. The zero-order valence-electron chi connectivity index (χ0n) is 20.6. The Labute approximate surface area is 197 Å². The molecule has 1 spiro atoms. The van der Waals surface area contributed by atoms with Crippen LogP contribution in [0.25, 0.3) is 0 Å². The Bertz CT molecular complexity index is 995. The van der Waals surface area contributed by atoms with Crippen molar-refractivity contribution >= 4 is 26.0 Å². The van der Waals surface area contributed by atoms with Crippen LogP contribution in [0, 0.1) is 12.3 Å². The summed E-state index contributed by atoms with van der Waals surface area (Å²) in [5.74, 6) is -0.0976. The number of hydrogen-bond acceptors (Lipinski definition) is 5. The molecule has 2 atom stereocenters. The van der Waals surface area contributed by atoms with Gasteiger partial charge < -0.3 is 19.2 Å². The summed E-state index contributed by atoms with van der Waals surface area (Å²) in [6.07, 6.45) is 3.18. The maximum atomic E-state index is 13.8. The van der Waals surface area contributed by atoms with E-state index in [4.69, 9.17) is 9.16 Å². The minimum absolute atomic E-state index is 0.0230. The van der Waals surface area contributed by atoms with Crippen molar-refractivity contribution in [3.63, 3.8) is 0 Å². The Morgan fingerprint density at radius 2 is 2.00 bits per heavy atom. The summed E-state index contributed by atoms with van der Waals surface area (Å²) in [7, 11) is -2.36. The second-order valence-electron chi connectivity index (χ2n) is 11.4. The molecule has 1 N–H and O–H groups in total. The molecule has 2 heterocycles. The van der Waals surface area contributed by atoms with Gasteiger partial charge in [0.25, 0.3) is 5.91 Å². The molecule has 33 heavy (non-hydrogen) atoms. The van der Waals surface area contributed by atoms with Gasteiger partial charge in [-0.1, -0.05) is 33.4 Å². The van der Waals surface area contributed by atoms with Crippen LogP contribution in [0.3, 0.4) is 0 Å². The molecular formula is C25H36N2O5Si. The molecule has 1 aliphatic carbocycles. The standard InChI is InChI=1S/C25H36N2O5Si/c1-8-11-31-23(30)27-18-13-20(28)16(2)12-17(18)21(29)26-15-25(9-10-25)14-19(26)22(27)32-33(6,7)24(3,4)5/h8,12-13,19,22,28H,1,9-11,14-15H2,2-7H3/t19-,22?/m0/s1. The van der Waals surface area contributed by atoms with Crippen molar-refractivity contribution in [3.05, 3.63) is 35.9 Å². The fourth-order valence-electron chi connectivity index (χ4n) is 4.65. The maximum Gasteiger partial charge on any atom is 0.416 e. The van der Waals surface area contributed by atoms with Crippen LogP contribution in [-0.2, 0) is 9.16 Å². The molecule has 2 amide bonds. The van der Waals surface area contributed by atoms with E-state index in [0.717, 1.165) is 19.3 Å². The molecule has 1 aromatic rings. The number of phenolic OH excluding ortho intramolecular Hbond substituents is 1. The lowest BCUT2D eigenvalue weighted by atomic mass is 10.0. The van der Waals surface area contributed by atoms with Crippen molar-refractivity contribution in [2.75, 3.05) is 18.1 Å². The highest BCUT2D eigenvalue weighted by atomic mass is 28.4. The van der Waals surface area contributed by atoms with Gasteiger partial charge in [0.15, 0.2) is 14.5 Å². The number of amides is 2. The van der Waals surface area contributed by atoms with Crippen LogP contribution >= 0.6 is 0 Å². The Hall–Kier alpha value is -2.32. The first-order valence-electron chi connectivity index (χ1n) is 11.7. The summed E-state index contributed by atoms with van der Waals surface area (Å²) in [6.45, 7) is 16.9. The highest BCUT2D eigenvalue weighted by molar-refractivity contribution is 6.74. The fraction of sp³-hybridized carbons (Fsp3) is 0.600. The minimum atomic E-state index is -2.36. The van der Waals surface area contributed by atoms with Crippen molar-refractivity contribution in [1.82, 2.24) is 4.90 Å². The molecule has 0 radical (unpaired) electrons. The number of aromatic hydroxyl groups is 1. The summed E-state index contributed by atoms with van der Waals surface area (Å²) in [5.41, 5.74) is 1.43. The van der Waals surface area contributed by atoms with E-state index in [1.807, 2.05) is 4.90 Å². The molecule has 3 aliphatic rings. The topological polar surface area (TPSA) is 79.3 Å². The zero-order chi connectivity index (χ0) is 24.3. The minimum Gasteiger partial charge on any atom is -0.508 e. The van der Waals surface area contributed by atoms with Gasteiger partial charge in [-0.15, -0.1) is 0 Å². The van der Waals surface area contributed by atoms with E-state index in [9.17, 15) is 14.7 Å². The predicted octanol–water partition coefficient (Wildman–Crippen LogP) is 5.19.